The minimum atomic E-state index is -0.332. The first-order chi connectivity index (χ1) is 8.18. The van der Waals surface area contributed by atoms with E-state index in [1.54, 1.807) is 11.3 Å². The van der Waals surface area contributed by atoms with Gasteiger partial charge in [-0.25, -0.2) is 0 Å². The molecule has 1 aromatic heterocycles. The molecule has 1 heterocycles. The fourth-order valence-corrected chi connectivity index (χ4v) is 4.37. The zero-order valence-corrected chi connectivity index (χ0v) is 13.0. The van der Waals surface area contributed by atoms with E-state index in [0.29, 0.717) is 5.92 Å². The lowest BCUT2D eigenvalue weighted by Gasteiger charge is -2.24. The molecule has 1 aliphatic carbocycles. The predicted molar refractivity (Wildman–Crippen MR) is 77.8 cm³/mol. The van der Waals surface area contributed by atoms with Crippen molar-refractivity contribution in [3.8, 4) is 0 Å². The normalized spacial score (nSPS) is 20.9. The van der Waals surface area contributed by atoms with E-state index < -0.39 is 0 Å². The number of hydrogen-bond acceptors (Lipinski definition) is 2. The molecule has 2 rings (SSSR count). The van der Waals surface area contributed by atoms with Crippen molar-refractivity contribution >= 4 is 38.9 Å². The van der Waals surface area contributed by atoms with Crippen molar-refractivity contribution in [3.05, 3.63) is 19.8 Å². The molecule has 1 fully saturated rings. The molecule has 17 heavy (non-hydrogen) atoms. The highest BCUT2D eigenvalue weighted by molar-refractivity contribution is 9.11. The molecule has 1 unspecified atom stereocenters. The first-order valence-corrected chi connectivity index (χ1v) is 8.30. The van der Waals surface area contributed by atoms with Crippen LogP contribution in [0.4, 0.5) is 0 Å². The Kier molecular flexibility index (Phi) is 5.34. The van der Waals surface area contributed by atoms with Gasteiger partial charge in [0.05, 0.1) is 14.9 Å². The highest BCUT2D eigenvalue weighted by Gasteiger charge is 2.23. The Morgan fingerprint density at radius 1 is 1.24 bits per heavy atom. The van der Waals surface area contributed by atoms with E-state index in [0.717, 1.165) is 26.5 Å². The summed E-state index contributed by atoms with van der Waals surface area (Å²) in [6.45, 7) is 0. The van der Waals surface area contributed by atoms with Crippen LogP contribution in [0.15, 0.2) is 9.85 Å². The third kappa shape index (κ3) is 3.69. The van der Waals surface area contributed by atoms with Crippen LogP contribution in [0, 0.1) is 5.92 Å². The van der Waals surface area contributed by atoms with Crippen LogP contribution < -0.4 is 0 Å². The maximum absolute atomic E-state index is 10.4. The first kappa shape index (κ1) is 13.9. The monoisotopic (exact) mass is 336 g/mol. The Labute approximate surface area is 120 Å². The summed E-state index contributed by atoms with van der Waals surface area (Å²) in [5.74, 6) is 0.414. The summed E-state index contributed by atoms with van der Waals surface area (Å²) in [5.41, 5.74) is 0. The largest absolute Gasteiger partial charge is 0.387 e. The lowest BCUT2D eigenvalue weighted by Crippen LogP contribution is -2.13. The van der Waals surface area contributed by atoms with E-state index in [1.807, 2.05) is 6.07 Å². The standard InChI is InChI=1S/C13H18BrClOS/c14-13-10(15)8-11(17-13)12(16)9-6-4-2-1-3-5-7-9/h8-9,12,16H,1-7H2. The topological polar surface area (TPSA) is 20.2 Å². The second-order valence-corrected chi connectivity index (χ2v) is 7.63. The van der Waals surface area contributed by atoms with Crippen LogP contribution in [0.5, 0.6) is 0 Å². The van der Waals surface area contributed by atoms with Gasteiger partial charge >= 0.3 is 0 Å². The molecule has 96 valence electrons. The number of aliphatic hydroxyl groups excluding tert-OH is 1. The number of thiophene rings is 1. The van der Waals surface area contributed by atoms with Gasteiger partial charge in [0.15, 0.2) is 0 Å². The van der Waals surface area contributed by atoms with Crippen molar-refractivity contribution in [2.75, 3.05) is 0 Å². The minimum absolute atomic E-state index is 0.332. The summed E-state index contributed by atoms with van der Waals surface area (Å²) >= 11 is 11.0. The van der Waals surface area contributed by atoms with Gasteiger partial charge in [-0.15, -0.1) is 11.3 Å². The van der Waals surface area contributed by atoms with E-state index in [-0.39, 0.29) is 6.10 Å². The Bertz CT molecular complexity index is 339. The van der Waals surface area contributed by atoms with Crippen LogP contribution >= 0.6 is 38.9 Å². The summed E-state index contributed by atoms with van der Waals surface area (Å²) in [6.07, 6.45) is 8.46. The zero-order chi connectivity index (χ0) is 12.3. The second-order valence-electron chi connectivity index (χ2n) is 4.82. The molecular formula is C13H18BrClOS. The molecule has 0 saturated heterocycles. The maximum atomic E-state index is 10.4. The van der Waals surface area contributed by atoms with Gasteiger partial charge in [0, 0.05) is 4.88 Å². The summed E-state index contributed by atoms with van der Waals surface area (Å²) in [5, 5.41) is 11.1. The fourth-order valence-electron chi connectivity index (χ4n) is 2.54. The Morgan fingerprint density at radius 2 is 1.82 bits per heavy atom. The quantitative estimate of drug-likeness (QED) is 0.749. The van der Waals surface area contributed by atoms with Crippen molar-refractivity contribution < 1.29 is 5.11 Å². The highest BCUT2D eigenvalue weighted by Crippen LogP contribution is 2.40. The van der Waals surface area contributed by atoms with Crippen LogP contribution in [0.1, 0.15) is 55.9 Å². The van der Waals surface area contributed by atoms with E-state index in [2.05, 4.69) is 15.9 Å². The third-order valence-electron chi connectivity index (χ3n) is 3.55. The molecule has 0 amide bonds. The third-order valence-corrected chi connectivity index (χ3v) is 6.10. The van der Waals surface area contributed by atoms with Gasteiger partial charge in [-0.3, -0.25) is 0 Å². The fraction of sp³-hybridized carbons (Fsp3) is 0.692. The van der Waals surface area contributed by atoms with E-state index in [4.69, 9.17) is 11.6 Å². The van der Waals surface area contributed by atoms with Crippen LogP contribution in [0.25, 0.3) is 0 Å². The van der Waals surface area contributed by atoms with Crippen molar-refractivity contribution in [1.29, 1.82) is 0 Å². The molecule has 0 bridgehead atoms. The van der Waals surface area contributed by atoms with Gasteiger partial charge in [0.2, 0.25) is 0 Å². The Hall–Kier alpha value is 0.430. The summed E-state index contributed by atoms with van der Waals surface area (Å²) < 4.78 is 0.930. The van der Waals surface area contributed by atoms with Crippen LogP contribution in [-0.4, -0.2) is 5.11 Å². The Morgan fingerprint density at radius 3 is 2.35 bits per heavy atom. The number of rotatable bonds is 2. The highest BCUT2D eigenvalue weighted by atomic mass is 79.9. The van der Waals surface area contributed by atoms with Crippen LogP contribution in [-0.2, 0) is 0 Å². The van der Waals surface area contributed by atoms with Gasteiger partial charge < -0.3 is 5.11 Å². The molecule has 1 aromatic rings. The summed E-state index contributed by atoms with van der Waals surface area (Å²) in [4.78, 5) is 1.01. The van der Waals surface area contributed by atoms with Gasteiger partial charge in [-0.05, 0) is 40.8 Å². The second kappa shape index (κ2) is 6.55. The van der Waals surface area contributed by atoms with E-state index in [9.17, 15) is 5.11 Å². The molecule has 4 heteroatoms. The smallest absolute Gasteiger partial charge is 0.0910 e. The molecule has 0 aromatic carbocycles. The maximum Gasteiger partial charge on any atom is 0.0910 e. The molecule has 1 atom stereocenters. The molecule has 0 radical (unpaired) electrons. The number of aliphatic hydroxyl groups is 1. The van der Waals surface area contributed by atoms with E-state index >= 15 is 0 Å². The Balaban J connectivity index is 2.04. The summed E-state index contributed by atoms with van der Waals surface area (Å²) in [7, 11) is 0. The zero-order valence-electron chi connectivity index (χ0n) is 9.79. The molecule has 0 aliphatic heterocycles. The average Bonchev–Trinajstić information content (AvgIpc) is 2.58. The number of hydrogen-bond donors (Lipinski definition) is 1. The molecule has 1 N–H and O–H groups in total. The molecule has 1 saturated carbocycles. The lowest BCUT2D eigenvalue weighted by atomic mass is 9.87. The lowest BCUT2D eigenvalue weighted by molar-refractivity contribution is 0.0944. The first-order valence-electron chi connectivity index (χ1n) is 6.31. The van der Waals surface area contributed by atoms with Gasteiger partial charge in [0.25, 0.3) is 0 Å². The SMILES string of the molecule is OC(c1cc(Cl)c(Br)s1)C1CCCCCCC1. The van der Waals surface area contributed by atoms with Crippen molar-refractivity contribution in [1.82, 2.24) is 0 Å². The molecule has 1 aliphatic rings. The minimum Gasteiger partial charge on any atom is -0.387 e. The molecule has 0 spiro atoms. The molecule has 1 nitrogen and oxygen atoms in total. The number of halogens is 2. The average molecular weight is 338 g/mol. The molecular weight excluding hydrogens is 320 g/mol. The van der Waals surface area contributed by atoms with Crippen molar-refractivity contribution in [2.24, 2.45) is 5.92 Å². The van der Waals surface area contributed by atoms with Gasteiger partial charge in [-0.2, -0.15) is 0 Å². The van der Waals surface area contributed by atoms with Gasteiger partial charge in [0.1, 0.15) is 0 Å². The van der Waals surface area contributed by atoms with Gasteiger partial charge in [-0.1, -0.05) is 43.7 Å². The van der Waals surface area contributed by atoms with E-state index in [1.165, 1.54) is 32.1 Å². The summed E-state index contributed by atoms with van der Waals surface area (Å²) in [6, 6.07) is 1.90. The van der Waals surface area contributed by atoms with Crippen LogP contribution in [0.3, 0.4) is 0 Å². The van der Waals surface area contributed by atoms with Crippen molar-refractivity contribution in [2.45, 2.75) is 51.0 Å². The van der Waals surface area contributed by atoms with Crippen LogP contribution in [0.2, 0.25) is 5.02 Å². The predicted octanol–water partition coefficient (Wildman–Crippen LogP) is 5.56. The van der Waals surface area contributed by atoms with Crippen molar-refractivity contribution in [3.63, 3.8) is 0 Å².